The van der Waals surface area contributed by atoms with Crippen LogP contribution in [-0.2, 0) is 13.7 Å². The Balaban J connectivity index is 2.09. The monoisotopic (exact) mass is 261 g/mol. The standard InChI is InChI=1S/C13H12ClN3O/c1-9-12(13(14)17(2)16-9)8-18-11-5-3-10(7-15)4-6-11/h3-6H,8H2,1-2H3. The topological polar surface area (TPSA) is 50.8 Å². The van der Waals surface area contributed by atoms with E-state index in [2.05, 4.69) is 11.2 Å². The molecule has 0 aliphatic heterocycles. The van der Waals surface area contributed by atoms with Gasteiger partial charge in [-0.2, -0.15) is 10.4 Å². The van der Waals surface area contributed by atoms with Crippen molar-refractivity contribution in [3.05, 3.63) is 46.2 Å². The van der Waals surface area contributed by atoms with Crippen molar-refractivity contribution in [3.63, 3.8) is 0 Å². The largest absolute Gasteiger partial charge is 0.489 e. The lowest BCUT2D eigenvalue weighted by molar-refractivity contribution is 0.305. The van der Waals surface area contributed by atoms with E-state index in [-0.39, 0.29) is 0 Å². The number of nitrogens with zero attached hydrogens (tertiary/aromatic N) is 3. The van der Waals surface area contributed by atoms with E-state index in [0.29, 0.717) is 23.1 Å². The van der Waals surface area contributed by atoms with Crippen LogP contribution in [0.5, 0.6) is 5.75 Å². The first-order valence-corrected chi connectivity index (χ1v) is 5.80. The average molecular weight is 262 g/mol. The highest BCUT2D eigenvalue weighted by Crippen LogP contribution is 2.21. The molecule has 0 fully saturated rings. The molecule has 0 saturated carbocycles. The van der Waals surface area contributed by atoms with Crippen LogP contribution in [0.4, 0.5) is 0 Å². The van der Waals surface area contributed by atoms with Crippen LogP contribution in [0.1, 0.15) is 16.8 Å². The third-order valence-electron chi connectivity index (χ3n) is 2.64. The molecule has 0 aliphatic rings. The third kappa shape index (κ3) is 2.47. The van der Waals surface area contributed by atoms with Gasteiger partial charge < -0.3 is 4.74 Å². The number of rotatable bonds is 3. The maximum atomic E-state index is 8.69. The second kappa shape index (κ2) is 5.11. The molecule has 0 spiro atoms. The van der Waals surface area contributed by atoms with Gasteiger partial charge in [0, 0.05) is 12.6 Å². The zero-order valence-corrected chi connectivity index (χ0v) is 10.9. The minimum Gasteiger partial charge on any atom is -0.489 e. The molecular formula is C13H12ClN3O. The fourth-order valence-corrected chi connectivity index (χ4v) is 1.85. The first kappa shape index (κ1) is 12.5. The summed E-state index contributed by atoms with van der Waals surface area (Å²) >= 11 is 6.11. The number of aryl methyl sites for hydroxylation is 2. The van der Waals surface area contributed by atoms with Gasteiger partial charge in [0.05, 0.1) is 17.3 Å². The summed E-state index contributed by atoms with van der Waals surface area (Å²) in [7, 11) is 1.79. The lowest BCUT2D eigenvalue weighted by Crippen LogP contribution is -1.97. The van der Waals surface area contributed by atoms with Crippen LogP contribution in [-0.4, -0.2) is 9.78 Å². The van der Waals surface area contributed by atoms with Crippen LogP contribution in [0.3, 0.4) is 0 Å². The van der Waals surface area contributed by atoms with Gasteiger partial charge in [0.1, 0.15) is 17.5 Å². The Bertz CT molecular complexity index is 596. The zero-order valence-electron chi connectivity index (χ0n) is 10.1. The predicted molar refractivity (Wildman–Crippen MR) is 68.4 cm³/mol. The van der Waals surface area contributed by atoms with Gasteiger partial charge in [0.2, 0.25) is 0 Å². The Kier molecular flexibility index (Phi) is 3.54. The molecule has 1 heterocycles. The molecule has 92 valence electrons. The molecule has 2 aromatic rings. The molecule has 18 heavy (non-hydrogen) atoms. The lowest BCUT2D eigenvalue weighted by atomic mass is 10.2. The second-order valence-electron chi connectivity index (χ2n) is 3.90. The molecule has 4 nitrogen and oxygen atoms in total. The minimum atomic E-state index is 0.365. The Morgan fingerprint density at radius 3 is 2.56 bits per heavy atom. The Morgan fingerprint density at radius 1 is 1.39 bits per heavy atom. The van der Waals surface area contributed by atoms with Crippen LogP contribution in [0.25, 0.3) is 0 Å². The summed E-state index contributed by atoms with van der Waals surface area (Å²) in [6.45, 7) is 2.26. The van der Waals surface area contributed by atoms with E-state index in [1.807, 2.05) is 6.92 Å². The van der Waals surface area contributed by atoms with Crippen molar-refractivity contribution in [2.24, 2.45) is 7.05 Å². The van der Waals surface area contributed by atoms with Crippen LogP contribution < -0.4 is 4.74 Å². The average Bonchev–Trinajstić information content (AvgIpc) is 2.62. The second-order valence-corrected chi connectivity index (χ2v) is 4.26. The van der Waals surface area contributed by atoms with Crippen molar-refractivity contribution in [1.82, 2.24) is 9.78 Å². The molecule has 0 aliphatic carbocycles. The molecule has 5 heteroatoms. The smallest absolute Gasteiger partial charge is 0.133 e. The summed E-state index contributed by atoms with van der Waals surface area (Å²) in [5, 5.41) is 13.5. The van der Waals surface area contributed by atoms with E-state index in [9.17, 15) is 0 Å². The van der Waals surface area contributed by atoms with Crippen molar-refractivity contribution < 1.29 is 4.74 Å². The van der Waals surface area contributed by atoms with Gasteiger partial charge in [0.15, 0.2) is 0 Å². The summed E-state index contributed by atoms with van der Waals surface area (Å²) in [5.74, 6) is 0.702. The first-order valence-electron chi connectivity index (χ1n) is 5.42. The number of aromatic nitrogens is 2. The number of hydrogen-bond donors (Lipinski definition) is 0. The van der Waals surface area contributed by atoms with E-state index >= 15 is 0 Å². The molecule has 0 N–H and O–H groups in total. The van der Waals surface area contributed by atoms with Crippen molar-refractivity contribution in [2.75, 3.05) is 0 Å². The fraction of sp³-hybridized carbons (Fsp3) is 0.231. The van der Waals surface area contributed by atoms with Gasteiger partial charge in [-0.05, 0) is 31.2 Å². The lowest BCUT2D eigenvalue weighted by Gasteiger charge is -2.05. The molecule has 1 aromatic heterocycles. The van der Waals surface area contributed by atoms with Crippen molar-refractivity contribution in [1.29, 1.82) is 5.26 Å². The Labute approximate surface area is 110 Å². The summed E-state index contributed by atoms with van der Waals surface area (Å²) in [6, 6.07) is 9.01. The van der Waals surface area contributed by atoms with Crippen molar-refractivity contribution in [2.45, 2.75) is 13.5 Å². The summed E-state index contributed by atoms with van der Waals surface area (Å²) in [6.07, 6.45) is 0. The van der Waals surface area contributed by atoms with Crippen LogP contribution in [0.2, 0.25) is 5.15 Å². The minimum absolute atomic E-state index is 0.365. The van der Waals surface area contributed by atoms with E-state index in [1.54, 1.807) is 36.0 Å². The van der Waals surface area contributed by atoms with Crippen LogP contribution in [0.15, 0.2) is 24.3 Å². The normalized spacial score (nSPS) is 10.1. The highest BCUT2D eigenvalue weighted by atomic mass is 35.5. The highest BCUT2D eigenvalue weighted by molar-refractivity contribution is 6.30. The van der Waals surface area contributed by atoms with E-state index in [4.69, 9.17) is 21.6 Å². The number of hydrogen-bond acceptors (Lipinski definition) is 3. The van der Waals surface area contributed by atoms with Crippen LogP contribution >= 0.6 is 11.6 Å². The van der Waals surface area contributed by atoms with Gasteiger partial charge >= 0.3 is 0 Å². The predicted octanol–water partition coefficient (Wildman–Crippen LogP) is 2.83. The van der Waals surface area contributed by atoms with E-state index in [1.165, 1.54) is 0 Å². The van der Waals surface area contributed by atoms with Gasteiger partial charge in [0.25, 0.3) is 0 Å². The number of benzene rings is 1. The van der Waals surface area contributed by atoms with Crippen molar-refractivity contribution in [3.8, 4) is 11.8 Å². The summed E-state index contributed by atoms with van der Waals surface area (Å²) < 4.78 is 7.24. The summed E-state index contributed by atoms with van der Waals surface area (Å²) in [5.41, 5.74) is 2.35. The molecule has 0 radical (unpaired) electrons. The molecule has 0 bridgehead atoms. The van der Waals surface area contributed by atoms with E-state index in [0.717, 1.165) is 11.3 Å². The molecule has 1 aromatic carbocycles. The third-order valence-corrected chi connectivity index (χ3v) is 3.11. The van der Waals surface area contributed by atoms with Gasteiger partial charge in [-0.1, -0.05) is 11.6 Å². The maximum Gasteiger partial charge on any atom is 0.133 e. The summed E-state index contributed by atoms with van der Waals surface area (Å²) in [4.78, 5) is 0. The number of ether oxygens (including phenoxy) is 1. The molecular weight excluding hydrogens is 250 g/mol. The SMILES string of the molecule is Cc1nn(C)c(Cl)c1COc1ccc(C#N)cc1. The molecule has 0 saturated heterocycles. The maximum absolute atomic E-state index is 8.69. The number of nitriles is 1. The quantitative estimate of drug-likeness (QED) is 0.854. The number of halogens is 1. The van der Waals surface area contributed by atoms with E-state index < -0.39 is 0 Å². The Hall–Kier alpha value is -1.99. The van der Waals surface area contributed by atoms with Crippen molar-refractivity contribution >= 4 is 11.6 Å². The molecule has 2 rings (SSSR count). The Morgan fingerprint density at radius 2 is 2.06 bits per heavy atom. The highest BCUT2D eigenvalue weighted by Gasteiger charge is 2.11. The fourth-order valence-electron chi connectivity index (χ4n) is 1.62. The molecule has 0 amide bonds. The molecule has 0 atom stereocenters. The van der Waals surface area contributed by atoms with Gasteiger partial charge in [-0.3, -0.25) is 4.68 Å². The zero-order chi connectivity index (χ0) is 13.1. The van der Waals surface area contributed by atoms with Crippen LogP contribution in [0, 0.1) is 18.3 Å². The first-order chi connectivity index (χ1) is 8.61. The van der Waals surface area contributed by atoms with Gasteiger partial charge in [-0.25, -0.2) is 0 Å². The van der Waals surface area contributed by atoms with Gasteiger partial charge in [-0.15, -0.1) is 0 Å². The molecule has 0 unspecified atom stereocenters.